The number of carbonyl (C=O) groups is 1. The van der Waals surface area contributed by atoms with Crippen LogP contribution in [0.2, 0.25) is 0 Å². The Morgan fingerprint density at radius 1 is 1.36 bits per heavy atom. The fourth-order valence-corrected chi connectivity index (χ4v) is 3.56. The molecule has 0 unspecified atom stereocenters. The number of carbonyl (C=O) groups excluding carboxylic acids is 1. The van der Waals surface area contributed by atoms with Gasteiger partial charge in [-0.15, -0.1) is 0 Å². The minimum Gasteiger partial charge on any atom is -0.496 e. The molecule has 1 aromatic rings. The van der Waals surface area contributed by atoms with E-state index in [0.717, 1.165) is 29.2 Å². The number of anilines is 1. The Morgan fingerprint density at radius 2 is 2.07 bits per heavy atom. The van der Waals surface area contributed by atoms with Gasteiger partial charge in [-0.1, -0.05) is 0 Å². The third-order valence-electron chi connectivity index (χ3n) is 5.45. The maximum atomic E-state index is 12.6. The van der Waals surface area contributed by atoms with Gasteiger partial charge in [0.2, 0.25) is 0 Å². The van der Waals surface area contributed by atoms with Crippen molar-refractivity contribution in [3.8, 4) is 5.75 Å². The number of nitrogens with zero attached hydrogens (tertiary/aromatic N) is 3. The number of aliphatic hydroxyl groups is 1. The standard InChI is InChI=1S/C20H30N4O4/c1-20(26)7-9-24(10-8-20)19(25)22-17-13-14-16(28-4)6-5-15(18(14)21-17)23(2)11-12-27-3/h5-6,26H,7-13H2,1-4H3,(H,21,22,25). The Labute approximate surface area is 166 Å². The van der Waals surface area contributed by atoms with E-state index < -0.39 is 5.60 Å². The zero-order chi connectivity index (χ0) is 20.3. The van der Waals surface area contributed by atoms with Gasteiger partial charge < -0.3 is 24.4 Å². The van der Waals surface area contributed by atoms with Crippen molar-refractivity contribution in [1.82, 2.24) is 10.2 Å². The van der Waals surface area contributed by atoms with Gasteiger partial charge in [0.1, 0.15) is 11.6 Å². The van der Waals surface area contributed by atoms with E-state index in [-0.39, 0.29) is 6.03 Å². The third kappa shape index (κ3) is 4.39. The van der Waals surface area contributed by atoms with Crippen LogP contribution in [-0.4, -0.2) is 75.0 Å². The molecule has 2 N–H and O–H groups in total. The van der Waals surface area contributed by atoms with Crippen LogP contribution >= 0.6 is 0 Å². The van der Waals surface area contributed by atoms with Crippen molar-refractivity contribution < 1.29 is 19.4 Å². The van der Waals surface area contributed by atoms with Crippen molar-refractivity contribution >= 4 is 23.2 Å². The van der Waals surface area contributed by atoms with Crippen molar-refractivity contribution in [2.75, 3.05) is 52.4 Å². The van der Waals surface area contributed by atoms with Crippen LogP contribution in [0.1, 0.15) is 25.3 Å². The number of likely N-dealkylation sites (N-methyl/N-ethyl adjacent to an activating group) is 1. The van der Waals surface area contributed by atoms with Gasteiger partial charge in [-0.05, 0) is 31.9 Å². The Bertz CT molecular complexity index is 753. The maximum absolute atomic E-state index is 12.6. The number of amidine groups is 1. The van der Waals surface area contributed by atoms with Gasteiger partial charge >= 0.3 is 6.03 Å². The summed E-state index contributed by atoms with van der Waals surface area (Å²) < 4.78 is 10.7. The van der Waals surface area contributed by atoms with Gasteiger partial charge in [-0.2, -0.15) is 0 Å². The molecule has 0 spiro atoms. The van der Waals surface area contributed by atoms with Crippen molar-refractivity contribution in [3.63, 3.8) is 0 Å². The molecule has 154 valence electrons. The molecule has 1 aromatic carbocycles. The largest absolute Gasteiger partial charge is 0.496 e. The number of benzene rings is 1. The number of urea groups is 1. The molecule has 2 amide bonds. The fourth-order valence-electron chi connectivity index (χ4n) is 3.56. The molecule has 1 saturated heterocycles. The van der Waals surface area contributed by atoms with E-state index >= 15 is 0 Å². The number of fused-ring (bicyclic) bond motifs is 1. The Balaban J connectivity index is 1.74. The van der Waals surface area contributed by atoms with Crippen molar-refractivity contribution in [3.05, 3.63) is 17.7 Å². The zero-order valence-electron chi connectivity index (χ0n) is 17.1. The molecule has 8 nitrogen and oxygen atoms in total. The molecule has 0 atom stereocenters. The van der Waals surface area contributed by atoms with Crippen molar-refractivity contribution in [1.29, 1.82) is 0 Å². The minimum atomic E-state index is -0.688. The molecule has 0 aromatic heterocycles. The molecule has 0 aliphatic carbocycles. The van der Waals surface area contributed by atoms with Gasteiger partial charge in [0.25, 0.3) is 0 Å². The Hall–Kier alpha value is -2.32. The first-order chi connectivity index (χ1) is 13.3. The molecule has 2 aliphatic rings. The third-order valence-corrected chi connectivity index (χ3v) is 5.45. The van der Waals surface area contributed by atoms with E-state index in [0.29, 0.717) is 44.8 Å². The van der Waals surface area contributed by atoms with Gasteiger partial charge in [-0.25, -0.2) is 9.79 Å². The average molecular weight is 390 g/mol. The molecular weight excluding hydrogens is 360 g/mol. The summed E-state index contributed by atoms with van der Waals surface area (Å²) in [5.74, 6) is 1.38. The highest BCUT2D eigenvalue weighted by atomic mass is 16.5. The van der Waals surface area contributed by atoms with Crippen molar-refractivity contribution in [2.24, 2.45) is 4.99 Å². The highest BCUT2D eigenvalue weighted by molar-refractivity contribution is 6.04. The summed E-state index contributed by atoms with van der Waals surface area (Å²) in [6, 6.07) is 3.74. The SMILES string of the molecule is COCCN(C)c1ccc(OC)c2c1N=C(NC(=O)N1CCC(C)(O)CC1)C2. The number of hydrogen-bond acceptors (Lipinski definition) is 6. The molecule has 1 fully saturated rings. The van der Waals surface area contributed by atoms with Gasteiger partial charge in [0.05, 0.1) is 30.7 Å². The second-order valence-corrected chi connectivity index (χ2v) is 7.68. The lowest BCUT2D eigenvalue weighted by Gasteiger charge is -2.35. The number of ether oxygens (including phenoxy) is 2. The van der Waals surface area contributed by atoms with E-state index in [2.05, 4.69) is 10.2 Å². The Morgan fingerprint density at radius 3 is 2.71 bits per heavy atom. The summed E-state index contributed by atoms with van der Waals surface area (Å²) in [4.78, 5) is 21.1. The van der Waals surface area contributed by atoms with E-state index in [1.54, 1.807) is 19.1 Å². The van der Waals surface area contributed by atoms with Gasteiger partial charge in [0, 0.05) is 45.8 Å². The summed E-state index contributed by atoms with van der Waals surface area (Å²) in [7, 11) is 5.31. The van der Waals surface area contributed by atoms with Gasteiger partial charge in [-0.3, -0.25) is 5.32 Å². The van der Waals surface area contributed by atoms with E-state index in [9.17, 15) is 9.90 Å². The summed E-state index contributed by atoms with van der Waals surface area (Å²) >= 11 is 0. The molecule has 3 rings (SSSR count). The van der Waals surface area contributed by atoms with E-state index in [1.807, 2.05) is 26.1 Å². The fraction of sp³-hybridized carbons (Fsp3) is 0.600. The Kier molecular flexibility index (Phi) is 6.10. The number of aliphatic imine (C=N–C) groups is 1. The lowest BCUT2D eigenvalue weighted by molar-refractivity contribution is 0.00483. The predicted molar refractivity (Wildman–Crippen MR) is 109 cm³/mol. The molecule has 2 heterocycles. The average Bonchev–Trinajstić information content (AvgIpc) is 3.08. The highest BCUT2D eigenvalue weighted by Crippen LogP contribution is 2.41. The second-order valence-electron chi connectivity index (χ2n) is 7.68. The van der Waals surface area contributed by atoms with Crippen LogP contribution in [-0.2, 0) is 11.2 Å². The smallest absolute Gasteiger partial charge is 0.322 e. The summed E-state index contributed by atoms with van der Waals surface area (Å²) in [5, 5.41) is 13.0. The van der Waals surface area contributed by atoms with Gasteiger partial charge in [0.15, 0.2) is 0 Å². The topological polar surface area (TPSA) is 86.6 Å². The molecule has 2 aliphatic heterocycles. The normalized spacial score (nSPS) is 17.8. The molecule has 28 heavy (non-hydrogen) atoms. The summed E-state index contributed by atoms with van der Waals surface area (Å²) in [5.41, 5.74) is 2.09. The number of methoxy groups -OCH3 is 2. The minimum absolute atomic E-state index is 0.171. The predicted octanol–water partition coefficient (Wildman–Crippen LogP) is 1.92. The number of likely N-dealkylation sites (tertiary alicyclic amines) is 1. The lowest BCUT2D eigenvalue weighted by Crippen LogP contribution is -2.50. The van der Waals surface area contributed by atoms with Crippen LogP contribution in [0, 0.1) is 0 Å². The number of amides is 2. The highest BCUT2D eigenvalue weighted by Gasteiger charge is 2.31. The van der Waals surface area contributed by atoms with Crippen LogP contribution in [0.3, 0.4) is 0 Å². The number of piperidine rings is 1. The first kappa shape index (κ1) is 20.4. The summed E-state index contributed by atoms with van der Waals surface area (Å²) in [6.45, 7) is 4.23. The first-order valence-electron chi connectivity index (χ1n) is 9.60. The molecule has 0 saturated carbocycles. The van der Waals surface area contributed by atoms with E-state index in [4.69, 9.17) is 14.5 Å². The van der Waals surface area contributed by atoms with Crippen LogP contribution in [0.25, 0.3) is 0 Å². The molecule has 0 bridgehead atoms. The molecule has 8 heteroatoms. The van der Waals surface area contributed by atoms with Crippen LogP contribution in [0.4, 0.5) is 16.2 Å². The first-order valence-corrected chi connectivity index (χ1v) is 9.60. The maximum Gasteiger partial charge on any atom is 0.322 e. The molecule has 0 radical (unpaired) electrons. The van der Waals surface area contributed by atoms with E-state index in [1.165, 1.54) is 0 Å². The quantitative estimate of drug-likeness (QED) is 0.802. The number of nitrogens with one attached hydrogen (secondary N) is 1. The van der Waals surface area contributed by atoms with Crippen LogP contribution < -0.4 is 15.0 Å². The molecular formula is C20H30N4O4. The zero-order valence-corrected chi connectivity index (χ0v) is 17.1. The van der Waals surface area contributed by atoms with Crippen LogP contribution in [0.15, 0.2) is 17.1 Å². The summed E-state index contributed by atoms with van der Waals surface area (Å²) in [6.07, 6.45) is 1.67. The second kappa shape index (κ2) is 8.36. The number of rotatable bonds is 5. The number of hydrogen-bond donors (Lipinski definition) is 2. The lowest BCUT2D eigenvalue weighted by atomic mass is 9.94. The van der Waals surface area contributed by atoms with Crippen LogP contribution in [0.5, 0.6) is 5.75 Å². The monoisotopic (exact) mass is 390 g/mol. The van der Waals surface area contributed by atoms with Crippen molar-refractivity contribution in [2.45, 2.75) is 31.8 Å².